The molecule has 0 unspecified atom stereocenters. The lowest BCUT2D eigenvalue weighted by molar-refractivity contribution is -0.153. The van der Waals surface area contributed by atoms with Crippen molar-refractivity contribution in [2.45, 2.75) is 44.7 Å². The normalized spacial score (nSPS) is 20.2. The van der Waals surface area contributed by atoms with Crippen LogP contribution in [0.25, 0.3) is 11.1 Å². The van der Waals surface area contributed by atoms with Crippen molar-refractivity contribution in [2.24, 2.45) is 5.92 Å². The van der Waals surface area contributed by atoms with E-state index < -0.39 is 30.2 Å². The molecule has 1 saturated carbocycles. The van der Waals surface area contributed by atoms with E-state index in [1.54, 1.807) is 12.1 Å². The fourth-order valence-corrected chi connectivity index (χ4v) is 3.88. The van der Waals surface area contributed by atoms with E-state index in [0.717, 1.165) is 31.7 Å². The summed E-state index contributed by atoms with van der Waals surface area (Å²) in [5.74, 6) is -2.31. The Hall–Kier alpha value is -2.37. The third kappa shape index (κ3) is 5.37. The maximum atomic E-state index is 14.4. The van der Waals surface area contributed by atoms with Crippen LogP contribution in [-0.2, 0) is 0 Å². The first-order valence-electron chi connectivity index (χ1n) is 9.69. The summed E-state index contributed by atoms with van der Waals surface area (Å²) < 4.78 is 69.5. The van der Waals surface area contributed by atoms with Crippen molar-refractivity contribution in [1.82, 2.24) is 0 Å². The zero-order valence-corrected chi connectivity index (χ0v) is 16.1. The van der Waals surface area contributed by atoms with Gasteiger partial charge in [-0.25, -0.2) is 4.39 Å². The van der Waals surface area contributed by atoms with Crippen molar-refractivity contribution in [3.63, 3.8) is 0 Å². The van der Waals surface area contributed by atoms with Gasteiger partial charge in [-0.2, -0.15) is 17.6 Å². The molecule has 0 spiro atoms. The predicted molar refractivity (Wildman–Crippen MR) is 103 cm³/mol. The molecule has 0 aliphatic heterocycles. The monoisotopic (exact) mass is 410 g/mol. The van der Waals surface area contributed by atoms with Gasteiger partial charge in [-0.15, -0.1) is 0 Å². The van der Waals surface area contributed by atoms with Gasteiger partial charge in [0.15, 0.2) is 18.2 Å². The fraction of sp³-hybridized carbons (Fsp3) is 0.391. The van der Waals surface area contributed by atoms with Gasteiger partial charge in [0.05, 0.1) is 0 Å². The predicted octanol–water partition coefficient (Wildman–Crippen LogP) is 7.42. The Bertz CT molecular complexity index is 847. The summed E-state index contributed by atoms with van der Waals surface area (Å²) in [4.78, 5) is 0. The van der Waals surface area contributed by atoms with Crippen LogP contribution in [-0.4, -0.2) is 12.8 Å². The number of ether oxygens (including phenoxy) is 1. The molecule has 0 N–H and O–H groups in total. The molecular formula is C23H23F5O. The van der Waals surface area contributed by atoms with E-state index in [1.807, 2.05) is 19.1 Å². The lowest BCUT2D eigenvalue weighted by atomic mass is 9.78. The van der Waals surface area contributed by atoms with Crippen LogP contribution in [0, 0.1) is 17.6 Å². The highest BCUT2D eigenvalue weighted by atomic mass is 19.4. The van der Waals surface area contributed by atoms with Crippen LogP contribution < -0.4 is 4.74 Å². The van der Waals surface area contributed by atoms with E-state index in [-0.39, 0.29) is 5.56 Å². The lowest BCUT2D eigenvalue weighted by Crippen LogP contribution is -2.19. The number of hydrogen-bond donors (Lipinski definition) is 0. The minimum absolute atomic E-state index is 0.00907. The number of halogens is 5. The topological polar surface area (TPSA) is 9.23 Å². The minimum Gasteiger partial charge on any atom is -0.481 e. The van der Waals surface area contributed by atoms with Gasteiger partial charge in [-0.1, -0.05) is 36.4 Å². The van der Waals surface area contributed by atoms with Crippen LogP contribution in [0.5, 0.6) is 5.75 Å². The molecule has 156 valence electrons. The Balaban J connectivity index is 1.72. The molecule has 0 bridgehead atoms. The van der Waals surface area contributed by atoms with Crippen molar-refractivity contribution in [3.05, 3.63) is 65.7 Å². The summed E-state index contributed by atoms with van der Waals surface area (Å²) in [6.45, 7) is 0.357. The SMILES string of the molecule is CC=CC1CCC(c2ccc(-c3ccc(OCC(F)(F)F)c(F)c3F)cc2)CC1. The molecule has 3 rings (SSSR count). The summed E-state index contributed by atoms with van der Waals surface area (Å²) in [5, 5.41) is 0. The lowest BCUT2D eigenvalue weighted by Gasteiger charge is -2.27. The van der Waals surface area contributed by atoms with Crippen molar-refractivity contribution in [3.8, 4) is 16.9 Å². The summed E-state index contributed by atoms with van der Waals surface area (Å²) in [6, 6.07) is 9.54. The van der Waals surface area contributed by atoms with E-state index in [4.69, 9.17) is 0 Å². The van der Waals surface area contributed by atoms with Crippen molar-refractivity contribution < 1.29 is 26.7 Å². The van der Waals surface area contributed by atoms with Gasteiger partial charge in [0.25, 0.3) is 0 Å². The number of benzene rings is 2. The van der Waals surface area contributed by atoms with Crippen LogP contribution in [0.15, 0.2) is 48.6 Å². The Morgan fingerprint density at radius 3 is 2.17 bits per heavy atom. The molecule has 1 aliphatic rings. The second-order valence-electron chi connectivity index (χ2n) is 7.40. The Morgan fingerprint density at radius 2 is 1.59 bits per heavy atom. The van der Waals surface area contributed by atoms with E-state index in [1.165, 1.54) is 11.6 Å². The van der Waals surface area contributed by atoms with Gasteiger partial charge < -0.3 is 4.74 Å². The van der Waals surface area contributed by atoms with Crippen LogP contribution >= 0.6 is 0 Å². The molecule has 2 aromatic carbocycles. The standard InChI is InChI=1S/C23H23F5O/c1-2-3-15-4-6-16(7-5-15)17-8-10-18(11-9-17)19-12-13-20(22(25)21(19)24)29-14-23(26,27)28/h2-3,8-13,15-16H,4-7,14H2,1H3. The Morgan fingerprint density at radius 1 is 0.931 bits per heavy atom. The summed E-state index contributed by atoms with van der Waals surface area (Å²) >= 11 is 0. The van der Waals surface area contributed by atoms with E-state index in [2.05, 4.69) is 16.9 Å². The van der Waals surface area contributed by atoms with Gasteiger partial charge in [-0.3, -0.25) is 0 Å². The molecule has 6 heteroatoms. The number of alkyl halides is 3. The summed E-state index contributed by atoms with van der Waals surface area (Å²) in [5.41, 5.74) is 1.62. The highest BCUT2D eigenvalue weighted by Gasteiger charge is 2.29. The average molecular weight is 410 g/mol. The van der Waals surface area contributed by atoms with Crippen LogP contribution in [0.3, 0.4) is 0 Å². The van der Waals surface area contributed by atoms with Crippen molar-refractivity contribution in [1.29, 1.82) is 0 Å². The number of allylic oxidation sites excluding steroid dienone is 2. The van der Waals surface area contributed by atoms with E-state index in [0.29, 0.717) is 17.4 Å². The maximum Gasteiger partial charge on any atom is 0.422 e. The zero-order valence-electron chi connectivity index (χ0n) is 16.1. The molecule has 0 aromatic heterocycles. The smallest absolute Gasteiger partial charge is 0.422 e. The molecule has 29 heavy (non-hydrogen) atoms. The molecule has 0 amide bonds. The van der Waals surface area contributed by atoms with E-state index >= 15 is 0 Å². The second kappa shape index (κ2) is 8.97. The molecule has 2 aromatic rings. The van der Waals surface area contributed by atoms with Gasteiger partial charge in [0, 0.05) is 5.56 Å². The minimum atomic E-state index is -4.62. The molecule has 0 saturated heterocycles. The first kappa shape index (κ1) is 21.3. The van der Waals surface area contributed by atoms with E-state index in [9.17, 15) is 22.0 Å². The summed E-state index contributed by atoms with van der Waals surface area (Å²) in [6.07, 6.45) is 4.16. The van der Waals surface area contributed by atoms with Crippen LogP contribution in [0.4, 0.5) is 22.0 Å². The number of hydrogen-bond acceptors (Lipinski definition) is 1. The maximum absolute atomic E-state index is 14.4. The van der Waals surface area contributed by atoms with Crippen molar-refractivity contribution in [2.75, 3.05) is 6.61 Å². The van der Waals surface area contributed by atoms with Crippen LogP contribution in [0.2, 0.25) is 0 Å². The van der Waals surface area contributed by atoms with Crippen molar-refractivity contribution >= 4 is 0 Å². The highest BCUT2D eigenvalue weighted by Crippen LogP contribution is 2.37. The third-order valence-electron chi connectivity index (χ3n) is 5.37. The van der Waals surface area contributed by atoms with Gasteiger partial charge in [0.1, 0.15) is 0 Å². The Kier molecular flexibility index (Phi) is 6.60. The Labute approximate surface area is 167 Å². The zero-order chi connectivity index (χ0) is 21.0. The quantitative estimate of drug-likeness (QED) is 0.368. The molecule has 1 nitrogen and oxygen atoms in total. The molecular weight excluding hydrogens is 387 g/mol. The third-order valence-corrected chi connectivity index (χ3v) is 5.37. The summed E-state index contributed by atoms with van der Waals surface area (Å²) in [7, 11) is 0. The van der Waals surface area contributed by atoms with Crippen LogP contribution in [0.1, 0.15) is 44.1 Å². The van der Waals surface area contributed by atoms with Gasteiger partial charge in [-0.05, 0) is 67.7 Å². The van der Waals surface area contributed by atoms with Gasteiger partial charge >= 0.3 is 6.18 Å². The number of rotatable bonds is 5. The molecule has 0 atom stereocenters. The first-order chi connectivity index (χ1) is 13.8. The first-order valence-corrected chi connectivity index (χ1v) is 9.69. The van der Waals surface area contributed by atoms with Gasteiger partial charge in [0.2, 0.25) is 5.82 Å². The highest BCUT2D eigenvalue weighted by molar-refractivity contribution is 5.65. The fourth-order valence-electron chi connectivity index (χ4n) is 3.88. The molecule has 0 heterocycles. The largest absolute Gasteiger partial charge is 0.481 e. The second-order valence-corrected chi connectivity index (χ2v) is 7.40. The molecule has 1 aliphatic carbocycles. The average Bonchev–Trinajstić information content (AvgIpc) is 2.70. The molecule has 1 fully saturated rings. The molecule has 0 radical (unpaired) electrons.